The van der Waals surface area contributed by atoms with Crippen molar-refractivity contribution >= 4 is 0 Å². The molecular weight excluding hydrogens is 186 g/mol. The van der Waals surface area contributed by atoms with E-state index in [0.717, 1.165) is 0 Å². The molecule has 4 aliphatic rings. The minimum atomic E-state index is -0.773. The first-order valence-corrected chi connectivity index (χ1v) is 4.86. The molecule has 2 bridgehead atoms. The normalized spacial score (nSPS) is 52.5. The number of allylic oxidation sites excluding steroid dienone is 4. The zero-order valence-electron chi connectivity index (χ0n) is 7.88. The first kappa shape index (κ1) is 8.27. The van der Waals surface area contributed by atoms with Crippen molar-refractivity contribution in [3.8, 4) is 18.2 Å². The van der Waals surface area contributed by atoms with Crippen LogP contribution in [-0.4, -0.2) is 0 Å². The van der Waals surface area contributed by atoms with Crippen LogP contribution in [0.3, 0.4) is 0 Å². The fraction of sp³-hybridized carbons (Fsp3) is 0.417. The van der Waals surface area contributed by atoms with E-state index in [1.165, 1.54) is 0 Å². The lowest BCUT2D eigenvalue weighted by Gasteiger charge is -2.32. The molecule has 0 aliphatic heterocycles. The molecule has 3 heteroatoms. The highest BCUT2D eigenvalue weighted by Crippen LogP contribution is 2.79. The first-order valence-electron chi connectivity index (χ1n) is 4.86. The van der Waals surface area contributed by atoms with E-state index in [1.54, 1.807) is 0 Å². The Morgan fingerprint density at radius 1 is 0.800 bits per heavy atom. The molecule has 0 saturated heterocycles. The summed E-state index contributed by atoms with van der Waals surface area (Å²) in [7, 11) is 0. The van der Waals surface area contributed by atoms with Gasteiger partial charge in [-0.1, -0.05) is 24.3 Å². The average Bonchev–Trinajstić information content (AvgIpc) is 2.97. The number of rotatable bonds is 0. The third kappa shape index (κ3) is 0.537. The maximum Gasteiger partial charge on any atom is 0.105 e. The molecule has 1 unspecified atom stereocenters. The molecule has 0 aromatic carbocycles. The standard InChI is InChI=1S/C12H7N3/c13-5-10-11(6-14)8-1-2-9(4-3-8)12(10,11)7-15/h1-4,8-10H/t8?,9?,10?,11-,12+. The Morgan fingerprint density at radius 2 is 1.20 bits per heavy atom. The molecule has 15 heavy (non-hydrogen) atoms. The van der Waals surface area contributed by atoms with Crippen LogP contribution in [0.5, 0.6) is 0 Å². The fourth-order valence-corrected chi connectivity index (χ4v) is 3.34. The molecule has 0 heterocycles. The van der Waals surface area contributed by atoms with Gasteiger partial charge in [0.2, 0.25) is 0 Å². The Morgan fingerprint density at radius 3 is 1.47 bits per heavy atom. The summed E-state index contributed by atoms with van der Waals surface area (Å²) < 4.78 is 0. The van der Waals surface area contributed by atoms with Crippen molar-refractivity contribution in [1.82, 2.24) is 0 Å². The molecule has 0 aromatic rings. The lowest BCUT2D eigenvalue weighted by atomic mass is 9.67. The summed E-state index contributed by atoms with van der Waals surface area (Å²) in [6, 6.07) is 6.60. The molecule has 0 radical (unpaired) electrons. The van der Waals surface area contributed by atoms with E-state index in [9.17, 15) is 10.5 Å². The molecule has 4 rings (SSSR count). The van der Waals surface area contributed by atoms with Crippen molar-refractivity contribution < 1.29 is 0 Å². The summed E-state index contributed by atoms with van der Waals surface area (Å²) in [5, 5.41) is 27.7. The van der Waals surface area contributed by atoms with E-state index in [2.05, 4.69) is 18.2 Å². The van der Waals surface area contributed by atoms with Crippen molar-refractivity contribution in [3.63, 3.8) is 0 Å². The Labute approximate surface area is 87.5 Å². The van der Waals surface area contributed by atoms with Crippen molar-refractivity contribution in [3.05, 3.63) is 24.3 Å². The van der Waals surface area contributed by atoms with Crippen LogP contribution in [0.1, 0.15) is 0 Å². The van der Waals surface area contributed by atoms with Gasteiger partial charge in [0.1, 0.15) is 10.8 Å². The lowest BCUT2D eigenvalue weighted by Crippen LogP contribution is -2.31. The maximum atomic E-state index is 9.29. The van der Waals surface area contributed by atoms with Gasteiger partial charge in [-0.2, -0.15) is 15.8 Å². The van der Waals surface area contributed by atoms with Crippen LogP contribution in [0.15, 0.2) is 24.3 Å². The van der Waals surface area contributed by atoms with E-state index < -0.39 is 16.7 Å². The Kier molecular flexibility index (Phi) is 1.17. The van der Waals surface area contributed by atoms with Gasteiger partial charge in [0, 0.05) is 11.8 Å². The van der Waals surface area contributed by atoms with Crippen molar-refractivity contribution in [2.75, 3.05) is 0 Å². The molecule has 1 saturated carbocycles. The topological polar surface area (TPSA) is 71.4 Å². The molecule has 70 valence electrons. The minimum Gasteiger partial charge on any atom is -0.198 e. The third-order valence-corrected chi connectivity index (χ3v) is 4.11. The molecule has 4 aliphatic carbocycles. The van der Waals surface area contributed by atoms with Crippen LogP contribution < -0.4 is 0 Å². The number of nitrogens with zero attached hydrogens (tertiary/aromatic N) is 3. The highest BCUT2D eigenvalue weighted by Gasteiger charge is 2.85. The molecule has 3 nitrogen and oxygen atoms in total. The summed E-state index contributed by atoms with van der Waals surface area (Å²) in [6.45, 7) is 0. The molecule has 0 aromatic heterocycles. The van der Waals surface area contributed by atoms with Gasteiger partial charge in [0.15, 0.2) is 0 Å². The maximum absolute atomic E-state index is 9.29. The number of hydrogen-bond donors (Lipinski definition) is 0. The van der Waals surface area contributed by atoms with E-state index >= 15 is 0 Å². The van der Waals surface area contributed by atoms with Crippen molar-refractivity contribution in [1.29, 1.82) is 15.8 Å². The highest BCUT2D eigenvalue weighted by atomic mass is 14.8. The van der Waals surface area contributed by atoms with Crippen LogP contribution in [0.4, 0.5) is 0 Å². The van der Waals surface area contributed by atoms with Crippen LogP contribution in [0, 0.1) is 62.6 Å². The fourth-order valence-electron chi connectivity index (χ4n) is 3.34. The second kappa shape index (κ2) is 2.13. The van der Waals surface area contributed by atoms with Crippen molar-refractivity contribution in [2.45, 2.75) is 0 Å². The summed E-state index contributed by atoms with van der Waals surface area (Å²) in [4.78, 5) is 0. The summed E-state index contributed by atoms with van der Waals surface area (Å²) >= 11 is 0. The van der Waals surface area contributed by atoms with Crippen LogP contribution >= 0.6 is 0 Å². The predicted octanol–water partition coefficient (Wildman–Crippen LogP) is 1.53. The number of hydrogen-bond acceptors (Lipinski definition) is 3. The molecule has 1 fully saturated rings. The van der Waals surface area contributed by atoms with Gasteiger partial charge in [-0.05, 0) is 0 Å². The van der Waals surface area contributed by atoms with Gasteiger partial charge in [-0.15, -0.1) is 0 Å². The average molecular weight is 193 g/mol. The van der Waals surface area contributed by atoms with Crippen LogP contribution in [-0.2, 0) is 0 Å². The van der Waals surface area contributed by atoms with E-state index in [1.807, 2.05) is 24.3 Å². The largest absolute Gasteiger partial charge is 0.198 e. The van der Waals surface area contributed by atoms with Gasteiger partial charge in [0.25, 0.3) is 0 Å². The summed E-state index contributed by atoms with van der Waals surface area (Å²) in [5.74, 6) is -0.561. The molecular formula is C12H7N3. The minimum absolute atomic E-state index is 0.0585. The predicted molar refractivity (Wildman–Crippen MR) is 50.5 cm³/mol. The monoisotopic (exact) mass is 193 g/mol. The van der Waals surface area contributed by atoms with E-state index in [0.29, 0.717) is 0 Å². The molecule has 0 spiro atoms. The van der Waals surface area contributed by atoms with E-state index in [4.69, 9.17) is 5.26 Å². The molecule has 3 atom stereocenters. The highest BCUT2D eigenvalue weighted by molar-refractivity contribution is 5.54. The Balaban J connectivity index is 2.28. The first-order chi connectivity index (χ1) is 7.27. The Bertz CT molecular complexity index is 471. The van der Waals surface area contributed by atoms with Crippen LogP contribution in [0.25, 0.3) is 0 Å². The zero-order valence-corrected chi connectivity index (χ0v) is 7.88. The van der Waals surface area contributed by atoms with Gasteiger partial charge in [-0.3, -0.25) is 0 Å². The molecule has 0 amide bonds. The second-order valence-electron chi connectivity index (χ2n) is 4.35. The van der Waals surface area contributed by atoms with E-state index in [-0.39, 0.29) is 11.8 Å². The molecule has 0 N–H and O–H groups in total. The quantitative estimate of drug-likeness (QED) is 0.547. The Hall–Kier alpha value is -2.05. The van der Waals surface area contributed by atoms with Gasteiger partial charge < -0.3 is 0 Å². The second-order valence-corrected chi connectivity index (χ2v) is 4.35. The SMILES string of the molecule is N#CC1[C@]2(C#N)C3C=CC(C=C3)[C@]12C#N. The number of nitriles is 3. The lowest BCUT2D eigenvalue weighted by molar-refractivity contribution is 0.347. The van der Waals surface area contributed by atoms with Crippen molar-refractivity contribution in [2.24, 2.45) is 28.6 Å². The summed E-state index contributed by atoms with van der Waals surface area (Å²) in [6.07, 6.45) is 7.84. The van der Waals surface area contributed by atoms with Gasteiger partial charge in [-0.25, -0.2) is 0 Å². The zero-order chi connectivity index (χ0) is 10.7. The van der Waals surface area contributed by atoms with Gasteiger partial charge in [0.05, 0.1) is 24.1 Å². The van der Waals surface area contributed by atoms with Gasteiger partial charge >= 0.3 is 0 Å². The smallest absolute Gasteiger partial charge is 0.105 e. The van der Waals surface area contributed by atoms with Crippen LogP contribution in [0.2, 0.25) is 0 Å². The third-order valence-electron chi connectivity index (χ3n) is 4.11. The summed E-state index contributed by atoms with van der Waals surface area (Å²) in [5.41, 5.74) is -1.55.